The van der Waals surface area contributed by atoms with Gasteiger partial charge in [0, 0.05) is 31.6 Å². The standard InChI is InChI=1S/C20H24Cl2N2O4S2/c1-24(30(2,26)27)12-15-3-6-17(7-4-15)28-13-20(25)23-9-10-29-14-16-5-8-18(21)19(22)11-16/h3-8,11H,9-10,12-14H2,1-2H3,(H,23,25). The molecule has 6 nitrogen and oxygen atoms in total. The second-order valence-corrected chi connectivity index (χ2v) is 10.6. The molecule has 0 aliphatic carbocycles. The normalized spacial score (nSPS) is 11.5. The lowest BCUT2D eigenvalue weighted by atomic mass is 10.2. The first kappa shape index (κ1) is 24.8. The SMILES string of the molecule is CN(Cc1ccc(OCC(=O)NCCSCc2ccc(Cl)c(Cl)c2)cc1)S(C)(=O)=O. The number of hydrogen-bond donors (Lipinski definition) is 1. The molecular weight excluding hydrogens is 467 g/mol. The number of ether oxygens (including phenoxy) is 1. The lowest BCUT2D eigenvalue weighted by molar-refractivity contribution is -0.122. The number of rotatable bonds is 11. The highest BCUT2D eigenvalue weighted by atomic mass is 35.5. The maximum atomic E-state index is 11.9. The number of carbonyl (C=O) groups is 1. The Morgan fingerprint density at radius 1 is 1.10 bits per heavy atom. The molecule has 1 amide bonds. The van der Waals surface area contributed by atoms with Crippen LogP contribution in [-0.4, -0.2) is 50.8 Å². The number of thioether (sulfide) groups is 1. The van der Waals surface area contributed by atoms with Crippen LogP contribution in [0.2, 0.25) is 10.0 Å². The van der Waals surface area contributed by atoms with Crippen LogP contribution in [-0.2, 0) is 27.1 Å². The van der Waals surface area contributed by atoms with Crippen molar-refractivity contribution in [3.8, 4) is 5.75 Å². The lowest BCUT2D eigenvalue weighted by Gasteiger charge is -2.14. The molecule has 164 valence electrons. The first-order valence-corrected chi connectivity index (χ1v) is 12.8. The summed E-state index contributed by atoms with van der Waals surface area (Å²) in [6.07, 6.45) is 1.16. The van der Waals surface area contributed by atoms with Crippen LogP contribution in [0.25, 0.3) is 0 Å². The topological polar surface area (TPSA) is 75.7 Å². The largest absolute Gasteiger partial charge is 0.484 e. The maximum Gasteiger partial charge on any atom is 0.257 e. The van der Waals surface area contributed by atoms with E-state index in [1.54, 1.807) is 42.1 Å². The van der Waals surface area contributed by atoms with Crippen LogP contribution >= 0.6 is 35.0 Å². The number of hydrogen-bond acceptors (Lipinski definition) is 5. The predicted octanol–water partition coefficient (Wildman–Crippen LogP) is 3.81. The van der Waals surface area contributed by atoms with E-state index in [1.165, 1.54) is 11.4 Å². The molecule has 10 heteroatoms. The summed E-state index contributed by atoms with van der Waals surface area (Å²) in [5.41, 5.74) is 1.91. The van der Waals surface area contributed by atoms with E-state index in [4.69, 9.17) is 27.9 Å². The van der Waals surface area contributed by atoms with Crippen molar-refractivity contribution in [2.45, 2.75) is 12.3 Å². The third-order valence-electron chi connectivity index (χ3n) is 4.09. The lowest BCUT2D eigenvalue weighted by Crippen LogP contribution is -2.30. The van der Waals surface area contributed by atoms with Gasteiger partial charge in [-0.05, 0) is 35.4 Å². The van der Waals surface area contributed by atoms with Crippen molar-refractivity contribution in [2.24, 2.45) is 0 Å². The molecule has 30 heavy (non-hydrogen) atoms. The van der Waals surface area contributed by atoms with Gasteiger partial charge >= 0.3 is 0 Å². The third kappa shape index (κ3) is 8.73. The minimum atomic E-state index is -3.23. The van der Waals surface area contributed by atoms with Gasteiger partial charge in [0.2, 0.25) is 10.0 Å². The van der Waals surface area contributed by atoms with E-state index >= 15 is 0 Å². The molecule has 0 saturated heterocycles. The van der Waals surface area contributed by atoms with Gasteiger partial charge in [-0.3, -0.25) is 4.79 Å². The Kier molecular flexibility index (Phi) is 9.77. The van der Waals surface area contributed by atoms with E-state index in [0.717, 1.165) is 28.9 Å². The third-order valence-corrected chi connectivity index (χ3v) is 7.12. The van der Waals surface area contributed by atoms with E-state index in [-0.39, 0.29) is 19.1 Å². The van der Waals surface area contributed by atoms with Crippen LogP contribution < -0.4 is 10.1 Å². The number of sulfonamides is 1. The summed E-state index contributed by atoms with van der Waals surface area (Å²) in [4.78, 5) is 11.9. The fraction of sp³-hybridized carbons (Fsp3) is 0.350. The highest BCUT2D eigenvalue weighted by molar-refractivity contribution is 7.98. The van der Waals surface area contributed by atoms with Gasteiger partial charge in [-0.25, -0.2) is 12.7 Å². The Morgan fingerprint density at radius 2 is 1.77 bits per heavy atom. The highest BCUT2D eigenvalue weighted by Gasteiger charge is 2.11. The van der Waals surface area contributed by atoms with Gasteiger partial charge in [0.15, 0.2) is 6.61 Å². The fourth-order valence-corrected chi connectivity index (χ4v) is 3.86. The molecule has 0 aromatic heterocycles. The van der Waals surface area contributed by atoms with Gasteiger partial charge in [0.1, 0.15) is 5.75 Å². The molecule has 0 unspecified atom stereocenters. The molecule has 1 N–H and O–H groups in total. The van der Waals surface area contributed by atoms with Gasteiger partial charge in [0.25, 0.3) is 5.91 Å². The summed E-state index contributed by atoms with van der Waals surface area (Å²) >= 11 is 13.6. The summed E-state index contributed by atoms with van der Waals surface area (Å²) in [6.45, 7) is 0.727. The first-order valence-electron chi connectivity index (χ1n) is 9.06. The van der Waals surface area contributed by atoms with E-state index in [0.29, 0.717) is 22.3 Å². The van der Waals surface area contributed by atoms with Crippen LogP contribution in [0.15, 0.2) is 42.5 Å². The van der Waals surface area contributed by atoms with Gasteiger partial charge in [0.05, 0.1) is 16.3 Å². The molecule has 0 atom stereocenters. The Hall–Kier alpha value is -1.45. The van der Waals surface area contributed by atoms with Crippen molar-refractivity contribution in [1.29, 1.82) is 0 Å². The van der Waals surface area contributed by atoms with Gasteiger partial charge in [-0.15, -0.1) is 0 Å². The summed E-state index contributed by atoms with van der Waals surface area (Å²) < 4.78 is 29.6. The van der Waals surface area contributed by atoms with Crippen molar-refractivity contribution >= 4 is 50.9 Å². The van der Waals surface area contributed by atoms with Crippen LogP contribution in [0.5, 0.6) is 5.75 Å². The van der Waals surface area contributed by atoms with Crippen LogP contribution in [0.1, 0.15) is 11.1 Å². The molecule has 0 fully saturated rings. The Balaban J connectivity index is 1.64. The predicted molar refractivity (Wildman–Crippen MR) is 124 cm³/mol. The van der Waals surface area contributed by atoms with E-state index in [9.17, 15) is 13.2 Å². The average molecular weight is 491 g/mol. The minimum Gasteiger partial charge on any atom is -0.484 e. The number of nitrogens with zero attached hydrogens (tertiary/aromatic N) is 1. The summed E-state index contributed by atoms with van der Waals surface area (Å²) in [5.74, 6) is 1.88. The van der Waals surface area contributed by atoms with Crippen molar-refractivity contribution in [2.75, 3.05) is 32.2 Å². The molecular formula is C20H24Cl2N2O4S2. The summed E-state index contributed by atoms with van der Waals surface area (Å²) in [5, 5.41) is 3.88. The molecule has 2 aromatic carbocycles. The zero-order valence-electron chi connectivity index (χ0n) is 16.7. The van der Waals surface area contributed by atoms with E-state index < -0.39 is 10.0 Å². The Bertz CT molecular complexity index is 954. The minimum absolute atomic E-state index is 0.0833. The molecule has 0 heterocycles. The first-order chi connectivity index (χ1) is 14.1. The maximum absolute atomic E-state index is 11.9. The zero-order valence-corrected chi connectivity index (χ0v) is 19.9. The van der Waals surface area contributed by atoms with E-state index in [2.05, 4.69) is 5.32 Å². The molecule has 0 radical (unpaired) electrons. The van der Waals surface area contributed by atoms with Crippen LogP contribution in [0.3, 0.4) is 0 Å². The average Bonchev–Trinajstić information content (AvgIpc) is 2.69. The van der Waals surface area contributed by atoms with Crippen molar-refractivity contribution in [1.82, 2.24) is 9.62 Å². The molecule has 0 bridgehead atoms. The van der Waals surface area contributed by atoms with Crippen molar-refractivity contribution in [3.63, 3.8) is 0 Å². The number of carbonyl (C=O) groups excluding carboxylic acids is 1. The summed E-state index contributed by atoms with van der Waals surface area (Å²) in [6, 6.07) is 12.5. The zero-order chi connectivity index (χ0) is 22.1. The van der Waals surface area contributed by atoms with E-state index in [1.807, 2.05) is 12.1 Å². The van der Waals surface area contributed by atoms with Crippen LogP contribution in [0.4, 0.5) is 0 Å². The van der Waals surface area contributed by atoms with Gasteiger partial charge in [-0.2, -0.15) is 11.8 Å². The Labute approximate surface area is 191 Å². The molecule has 2 rings (SSSR count). The summed E-state index contributed by atoms with van der Waals surface area (Å²) in [7, 11) is -1.71. The number of amides is 1. The molecule has 0 aliphatic rings. The molecule has 0 spiro atoms. The molecule has 2 aromatic rings. The monoisotopic (exact) mass is 490 g/mol. The van der Waals surface area contributed by atoms with Gasteiger partial charge < -0.3 is 10.1 Å². The smallest absolute Gasteiger partial charge is 0.257 e. The quantitative estimate of drug-likeness (QED) is 0.484. The Morgan fingerprint density at radius 3 is 2.40 bits per heavy atom. The molecule has 0 aliphatic heterocycles. The molecule has 0 saturated carbocycles. The van der Waals surface area contributed by atoms with Crippen molar-refractivity contribution < 1.29 is 17.9 Å². The van der Waals surface area contributed by atoms with Gasteiger partial charge in [-0.1, -0.05) is 41.4 Å². The second kappa shape index (κ2) is 11.8. The number of nitrogens with one attached hydrogen (secondary N) is 1. The second-order valence-electron chi connectivity index (χ2n) is 6.60. The van der Waals surface area contributed by atoms with Crippen LogP contribution in [0, 0.1) is 0 Å². The number of benzene rings is 2. The fourth-order valence-electron chi connectivity index (χ4n) is 2.35. The number of halogens is 2. The van der Waals surface area contributed by atoms with Crippen molar-refractivity contribution in [3.05, 3.63) is 63.6 Å². The highest BCUT2D eigenvalue weighted by Crippen LogP contribution is 2.24.